The lowest BCUT2D eigenvalue weighted by molar-refractivity contribution is -0.150. The van der Waals surface area contributed by atoms with Crippen LogP contribution in [-0.4, -0.2) is 60.5 Å². The first-order valence-electron chi connectivity index (χ1n) is 9.77. The number of hydrogen-bond acceptors (Lipinski definition) is 6. The minimum atomic E-state index is -1.02. The van der Waals surface area contributed by atoms with Crippen molar-refractivity contribution in [2.45, 2.75) is 38.6 Å². The average molecular weight is 402 g/mol. The monoisotopic (exact) mass is 402 g/mol. The van der Waals surface area contributed by atoms with Crippen molar-refractivity contribution in [3.8, 4) is 0 Å². The Morgan fingerprint density at radius 3 is 2.41 bits per heavy atom. The second kappa shape index (κ2) is 8.50. The molecule has 2 aliphatic rings. The van der Waals surface area contributed by atoms with E-state index in [1.165, 1.54) is 12.8 Å². The van der Waals surface area contributed by atoms with Crippen LogP contribution in [0, 0.1) is 0 Å². The molecule has 2 heterocycles. The molecule has 1 atom stereocenters. The number of esters is 1. The molecule has 2 aliphatic heterocycles. The number of ether oxygens (including phenoxy) is 1. The highest BCUT2D eigenvalue weighted by atomic mass is 16.5. The van der Waals surface area contributed by atoms with E-state index in [1.54, 1.807) is 26.0 Å². The van der Waals surface area contributed by atoms with Gasteiger partial charge in [0.1, 0.15) is 12.1 Å². The number of carbonyl (C=O) groups is 4. The quantitative estimate of drug-likeness (QED) is 0.528. The summed E-state index contributed by atoms with van der Waals surface area (Å²) in [7, 11) is 0. The van der Waals surface area contributed by atoms with E-state index < -0.39 is 42.5 Å². The van der Waals surface area contributed by atoms with E-state index in [9.17, 15) is 19.2 Å². The highest BCUT2D eigenvalue weighted by Gasteiger charge is 2.47. The highest BCUT2D eigenvalue weighted by molar-refractivity contribution is 6.08. The molecule has 156 valence electrons. The molecule has 1 aromatic rings. The smallest absolute Gasteiger partial charge is 0.326 e. The molecule has 2 saturated heterocycles. The van der Waals surface area contributed by atoms with Crippen LogP contribution in [0.2, 0.25) is 0 Å². The molecule has 1 unspecified atom stereocenters. The molecule has 1 aromatic carbocycles. The van der Waals surface area contributed by atoms with Crippen LogP contribution in [0.15, 0.2) is 24.3 Å². The van der Waals surface area contributed by atoms with E-state index >= 15 is 0 Å². The number of urea groups is 1. The molecule has 0 saturated carbocycles. The second-order valence-electron chi connectivity index (χ2n) is 7.46. The Hall–Kier alpha value is -3.10. The fourth-order valence-corrected chi connectivity index (χ4v) is 3.38. The summed E-state index contributed by atoms with van der Waals surface area (Å²) in [6.07, 6.45) is 2.78. The first-order valence-corrected chi connectivity index (χ1v) is 9.77. The molecule has 0 bridgehead atoms. The number of carbonyl (C=O) groups excluding carboxylic acids is 4. The van der Waals surface area contributed by atoms with Crippen molar-refractivity contribution in [1.29, 1.82) is 0 Å². The van der Waals surface area contributed by atoms with E-state index in [0.29, 0.717) is 12.1 Å². The number of imide groups is 1. The number of benzene rings is 1. The van der Waals surface area contributed by atoms with Crippen LogP contribution < -0.4 is 15.5 Å². The number of nitrogens with zero attached hydrogens (tertiary/aromatic N) is 2. The summed E-state index contributed by atoms with van der Waals surface area (Å²) in [5, 5.41) is 5.21. The standard InChI is InChI=1S/C20H26N4O5/c1-3-20(2)18(27)24(19(28)22-20)12-17(26)29-13-16(25)21-14-6-8-15(9-7-14)23-10-4-5-11-23/h6-9H,3-5,10-13H2,1-2H3,(H,21,25)(H,22,28). The Labute approximate surface area is 169 Å². The van der Waals surface area contributed by atoms with Gasteiger partial charge in [0.15, 0.2) is 6.61 Å². The van der Waals surface area contributed by atoms with Gasteiger partial charge in [-0.05, 0) is 50.5 Å². The van der Waals surface area contributed by atoms with E-state index in [4.69, 9.17) is 4.74 Å². The summed E-state index contributed by atoms with van der Waals surface area (Å²) in [4.78, 5) is 51.2. The first kappa shape index (κ1) is 20.6. The SMILES string of the molecule is CCC1(C)NC(=O)N(CC(=O)OCC(=O)Nc2ccc(N3CCCC3)cc2)C1=O. The van der Waals surface area contributed by atoms with Crippen molar-refractivity contribution in [1.82, 2.24) is 10.2 Å². The van der Waals surface area contributed by atoms with Gasteiger partial charge in [-0.3, -0.25) is 19.3 Å². The Morgan fingerprint density at radius 2 is 1.83 bits per heavy atom. The normalized spacial score (nSPS) is 21.3. The van der Waals surface area contributed by atoms with Crippen LogP contribution in [0.4, 0.5) is 16.2 Å². The molecular formula is C20H26N4O5. The maximum atomic E-state index is 12.3. The van der Waals surface area contributed by atoms with Crippen molar-refractivity contribution in [3.63, 3.8) is 0 Å². The third kappa shape index (κ3) is 4.67. The van der Waals surface area contributed by atoms with Gasteiger partial charge in [0.05, 0.1) is 0 Å². The summed E-state index contributed by atoms with van der Waals surface area (Å²) in [5.41, 5.74) is 0.692. The van der Waals surface area contributed by atoms with Crippen molar-refractivity contribution >= 4 is 35.2 Å². The first-order chi connectivity index (χ1) is 13.8. The summed E-state index contributed by atoms with van der Waals surface area (Å²) in [6.45, 7) is 4.41. The fourth-order valence-electron chi connectivity index (χ4n) is 3.38. The minimum Gasteiger partial charge on any atom is -0.454 e. The molecule has 0 spiro atoms. The average Bonchev–Trinajstić information content (AvgIpc) is 3.31. The predicted molar refractivity (Wildman–Crippen MR) is 106 cm³/mol. The molecule has 9 heteroatoms. The van der Waals surface area contributed by atoms with Crippen molar-refractivity contribution in [2.24, 2.45) is 0 Å². The number of anilines is 2. The van der Waals surface area contributed by atoms with Gasteiger partial charge in [0.25, 0.3) is 11.8 Å². The highest BCUT2D eigenvalue weighted by Crippen LogP contribution is 2.22. The fraction of sp³-hybridized carbons (Fsp3) is 0.500. The molecule has 9 nitrogen and oxygen atoms in total. The third-order valence-corrected chi connectivity index (χ3v) is 5.33. The summed E-state index contributed by atoms with van der Waals surface area (Å²) in [6, 6.07) is 6.84. The van der Waals surface area contributed by atoms with E-state index in [-0.39, 0.29) is 0 Å². The number of hydrogen-bond donors (Lipinski definition) is 2. The van der Waals surface area contributed by atoms with E-state index in [0.717, 1.165) is 23.7 Å². The van der Waals surface area contributed by atoms with Gasteiger partial charge in [0.2, 0.25) is 0 Å². The van der Waals surface area contributed by atoms with Gasteiger partial charge < -0.3 is 20.3 Å². The zero-order chi connectivity index (χ0) is 21.0. The molecule has 29 heavy (non-hydrogen) atoms. The Balaban J connectivity index is 1.45. The Kier molecular flexibility index (Phi) is 6.05. The van der Waals surface area contributed by atoms with Crippen LogP contribution in [0.25, 0.3) is 0 Å². The molecule has 2 fully saturated rings. The van der Waals surface area contributed by atoms with Gasteiger partial charge in [-0.15, -0.1) is 0 Å². The van der Waals surface area contributed by atoms with Crippen molar-refractivity contribution in [2.75, 3.05) is 36.5 Å². The van der Waals surface area contributed by atoms with Crippen molar-refractivity contribution < 1.29 is 23.9 Å². The van der Waals surface area contributed by atoms with Crippen LogP contribution in [-0.2, 0) is 19.1 Å². The maximum Gasteiger partial charge on any atom is 0.326 e. The molecule has 0 aliphatic carbocycles. The van der Waals surface area contributed by atoms with Gasteiger partial charge in [-0.25, -0.2) is 4.79 Å². The van der Waals surface area contributed by atoms with Gasteiger partial charge in [0, 0.05) is 24.5 Å². The molecule has 3 rings (SSSR count). The molecule has 0 aromatic heterocycles. The van der Waals surface area contributed by atoms with Gasteiger partial charge in [-0.2, -0.15) is 0 Å². The lowest BCUT2D eigenvalue weighted by Crippen LogP contribution is -2.43. The van der Waals surface area contributed by atoms with Crippen LogP contribution in [0.1, 0.15) is 33.1 Å². The zero-order valence-electron chi connectivity index (χ0n) is 16.7. The number of amides is 4. The molecule has 2 N–H and O–H groups in total. The Bertz CT molecular complexity index is 804. The zero-order valence-corrected chi connectivity index (χ0v) is 16.7. The summed E-state index contributed by atoms with van der Waals surface area (Å²) < 4.78 is 4.91. The summed E-state index contributed by atoms with van der Waals surface area (Å²) >= 11 is 0. The van der Waals surface area contributed by atoms with Crippen LogP contribution in [0.5, 0.6) is 0 Å². The van der Waals surface area contributed by atoms with Crippen molar-refractivity contribution in [3.05, 3.63) is 24.3 Å². The third-order valence-electron chi connectivity index (χ3n) is 5.33. The minimum absolute atomic E-state index is 0.405. The molecule has 4 amide bonds. The van der Waals surface area contributed by atoms with E-state index in [2.05, 4.69) is 15.5 Å². The van der Waals surface area contributed by atoms with Crippen LogP contribution in [0.3, 0.4) is 0 Å². The number of nitrogens with one attached hydrogen (secondary N) is 2. The van der Waals surface area contributed by atoms with E-state index in [1.807, 2.05) is 12.1 Å². The van der Waals surface area contributed by atoms with Gasteiger partial charge >= 0.3 is 12.0 Å². The molecular weight excluding hydrogens is 376 g/mol. The predicted octanol–water partition coefficient (Wildman–Crippen LogP) is 1.49. The lowest BCUT2D eigenvalue weighted by Gasteiger charge is -2.19. The summed E-state index contributed by atoms with van der Waals surface area (Å²) in [5.74, 6) is -1.80. The van der Waals surface area contributed by atoms with Crippen LogP contribution >= 0.6 is 0 Å². The largest absolute Gasteiger partial charge is 0.454 e. The Morgan fingerprint density at radius 1 is 1.17 bits per heavy atom. The topological polar surface area (TPSA) is 108 Å². The second-order valence-corrected chi connectivity index (χ2v) is 7.46. The number of rotatable bonds is 7. The maximum absolute atomic E-state index is 12.3. The lowest BCUT2D eigenvalue weighted by atomic mass is 9.99. The molecule has 0 radical (unpaired) electrons. The van der Waals surface area contributed by atoms with Gasteiger partial charge in [-0.1, -0.05) is 6.92 Å².